The molecule has 2 aliphatic carbocycles. The summed E-state index contributed by atoms with van der Waals surface area (Å²) in [4.78, 5) is 42.8. The lowest BCUT2D eigenvalue weighted by Crippen LogP contribution is -2.61. The number of aromatic carboxylic acids is 1. The number of amides is 2. The van der Waals surface area contributed by atoms with E-state index in [4.69, 9.17) is 9.52 Å². The molecule has 3 aromatic heterocycles. The number of hydrogen-bond acceptors (Lipinski definition) is 6. The molecule has 2 aliphatic rings. The van der Waals surface area contributed by atoms with Crippen LogP contribution in [0.2, 0.25) is 0 Å². The number of pyridine rings is 1. The average Bonchev–Trinajstić information content (AvgIpc) is 3.61. The Bertz CT molecular complexity index is 1870. The first kappa shape index (κ1) is 26.9. The molecule has 2 aromatic carbocycles. The van der Waals surface area contributed by atoms with Crippen LogP contribution >= 0.6 is 0 Å². The fourth-order valence-corrected chi connectivity index (χ4v) is 6.38. The molecule has 0 aliphatic heterocycles. The Kier molecular flexibility index (Phi) is 6.68. The Morgan fingerprint density at radius 2 is 1.79 bits per heavy atom. The quantitative estimate of drug-likeness (QED) is 0.209. The minimum absolute atomic E-state index is 0.172. The van der Waals surface area contributed by atoms with Gasteiger partial charge >= 0.3 is 5.97 Å². The van der Waals surface area contributed by atoms with E-state index < -0.39 is 11.5 Å². The standard InChI is InChI=1S/C33H31N5O5/c39-30(36-33(14-6-15-33)32(42)35-23-11-13-26-22(17-23)19-27(43-26)31(40)41)21-10-12-24-25(18-21)37-38(28-9-4-5-16-34-28)29(24)20-7-2-1-3-8-20/h4-5,9-13,16-20H,1-3,6-8,14-15H2,(H,35,42)(H,36,39)(H,40,41). The number of nitrogens with one attached hydrogen (secondary N) is 2. The van der Waals surface area contributed by atoms with Crippen molar-refractivity contribution < 1.29 is 23.9 Å². The molecule has 2 saturated carbocycles. The van der Waals surface area contributed by atoms with Crippen molar-refractivity contribution in [1.29, 1.82) is 0 Å². The van der Waals surface area contributed by atoms with Crippen molar-refractivity contribution in [2.75, 3.05) is 5.32 Å². The maximum absolute atomic E-state index is 13.6. The Hall–Kier alpha value is -4.99. The van der Waals surface area contributed by atoms with Gasteiger partial charge in [0.05, 0.1) is 11.2 Å². The van der Waals surface area contributed by atoms with Crippen molar-refractivity contribution in [2.45, 2.75) is 62.8 Å². The van der Waals surface area contributed by atoms with E-state index >= 15 is 0 Å². The van der Waals surface area contributed by atoms with Gasteiger partial charge in [-0.15, -0.1) is 0 Å². The zero-order valence-corrected chi connectivity index (χ0v) is 23.5. The zero-order valence-electron chi connectivity index (χ0n) is 23.5. The number of fused-ring (bicyclic) bond motifs is 2. The molecular weight excluding hydrogens is 546 g/mol. The van der Waals surface area contributed by atoms with Crippen LogP contribution in [0.3, 0.4) is 0 Å². The molecule has 3 heterocycles. The SMILES string of the molecule is O=C(NC1(C(=O)Nc2ccc3oc(C(=O)O)cc3c2)CCC1)c1ccc2c(C3CCCCC3)n(-c3ccccn3)nc2c1. The fraction of sp³-hybridized carbons (Fsp3) is 0.303. The normalized spacial score (nSPS) is 16.6. The lowest BCUT2D eigenvalue weighted by atomic mass is 9.75. The second-order valence-electron chi connectivity index (χ2n) is 11.6. The van der Waals surface area contributed by atoms with E-state index in [0.717, 1.165) is 41.7 Å². The molecule has 3 N–H and O–H groups in total. The first-order valence-electron chi connectivity index (χ1n) is 14.8. The van der Waals surface area contributed by atoms with Gasteiger partial charge in [-0.25, -0.2) is 14.5 Å². The van der Waals surface area contributed by atoms with E-state index in [2.05, 4.69) is 15.6 Å². The first-order valence-corrected chi connectivity index (χ1v) is 14.8. The first-order chi connectivity index (χ1) is 20.9. The summed E-state index contributed by atoms with van der Waals surface area (Å²) >= 11 is 0. The maximum atomic E-state index is 13.6. The van der Waals surface area contributed by atoms with Gasteiger partial charge in [-0.1, -0.05) is 31.4 Å². The second kappa shape index (κ2) is 10.7. The molecule has 0 bridgehead atoms. The molecule has 43 heavy (non-hydrogen) atoms. The van der Waals surface area contributed by atoms with Gasteiger partial charge in [0.25, 0.3) is 5.91 Å². The third kappa shape index (κ3) is 4.92. The molecule has 218 valence electrons. The van der Waals surface area contributed by atoms with Crippen LogP contribution in [-0.4, -0.2) is 43.2 Å². The van der Waals surface area contributed by atoms with E-state index in [9.17, 15) is 19.5 Å². The number of carbonyl (C=O) groups is 3. The van der Waals surface area contributed by atoms with E-state index in [1.807, 2.05) is 35.0 Å². The molecule has 10 nitrogen and oxygen atoms in total. The number of nitrogens with zero attached hydrogens (tertiary/aromatic N) is 3. The maximum Gasteiger partial charge on any atom is 0.371 e. The largest absolute Gasteiger partial charge is 0.475 e. The van der Waals surface area contributed by atoms with E-state index in [0.29, 0.717) is 41.0 Å². The number of rotatable bonds is 7. The van der Waals surface area contributed by atoms with E-state index in [1.54, 1.807) is 30.5 Å². The van der Waals surface area contributed by atoms with Crippen molar-refractivity contribution >= 4 is 45.3 Å². The van der Waals surface area contributed by atoms with Crippen LogP contribution in [0, 0.1) is 0 Å². The molecular formula is C33H31N5O5. The summed E-state index contributed by atoms with van der Waals surface area (Å²) in [6.45, 7) is 0. The predicted octanol–water partition coefficient (Wildman–Crippen LogP) is 6.20. The van der Waals surface area contributed by atoms with Gasteiger partial charge in [-0.3, -0.25) is 9.59 Å². The van der Waals surface area contributed by atoms with Gasteiger partial charge in [-0.05, 0) is 80.6 Å². The summed E-state index contributed by atoms with van der Waals surface area (Å²) in [6, 6.07) is 17.7. The van der Waals surface area contributed by atoms with Crippen LogP contribution in [0.5, 0.6) is 0 Å². The topological polar surface area (TPSA) is 139 Å². The van der Waals surface area contributed by atoms with Gasteiger partial charge < -0.3 is 20.2 Å². The smallest absolute Gasteiger partial charge is 0.371 e. The zero-order chi connectivity index (χ0) is 29.6. The van der Waals surface area contributed by atoms with Gasteiger partial charge in [0.1, 0.15) is 11.1 Å². The van der Waals surface area contributed by atoms with Gasteiger partial charge in [-0.2, -0.15) is 5.10 Å². The number of hydrogen-bond donors (Lipinski definition) is 3. The van der Waals surface area contributed by atoms with E-state index in [1.165, 1.54) is 25.3 Å². The molecule has 0 saturated heterocycles. The summed E-state index contributed by atoms with van der Waals surface area (Å²) in [5, 5.41) is 21.6. The van der Waals surface area contributed by atoms with Crippen LogP contribution in [-0.2, 0) is 4.79 Å². The number of carbonyl (C=O) groups excluding carboxylic acids is 2. The highest BCUT2D eigenvalue weighted by atomic mass is 16.4. The monoisotopic (exact) mass is 577 g/mol. The van der Waals surface area contributed by atoms with Crippen LogP contribution in [0.4, 0.5) is 5.69 Å². The number of anilines is 1. The highest BCUT2D eigenvalue weighted by molar-refractivity contribution is 6.06. The summed E-state index contributed by atoms with van der Waals surface area (Å²) in [7, 11) is 0. The minimum atomic E-state index is -1.16. The van der Waals surface area contributed by atoms with Gasteiger partial charge in [0.2, 0.25) is 11.7 Å². The Balaban J connectivity index is 1.14. The third-order valence-electron chi connectivity index (χ3n) is 8.81. The highest BCUT2D eigenvalue weighted by Crippen LogP contribution is 2.38. The van der Waals surface area contributed by atoms with Crippen LogP contribution in [0.1, 0.15) is 83.9 Å². The third-order valence-corrected chi connectivity index (χ3v) is 8.81. The molecule has 0 unspecified atom stereocenters. The predicted molar refractivity (Wildman–Crippen MR) is 161 cm³/mol. The van der Waals surface area contributed by atoms with Crippen molar-refractivity contribution in [3.8, 4) is 5.82 Å². The van der Waals surface area contributed by atoms with Crippen molar-refractivity contribution in [1.82, 2.24) is 20.1 Å². The molecule has 7 rings (SSSR count). The number of furan rings is 1. The Morgan fingerprint density at radius 1 is 0.953 bits per heavy atom. The molecule has 5 aromatic rings. The number of carboxylic acid groups (broad SMARTS) is 1. The van der Waals surface area contributed by atoms with Crippen LogP contribution in [0.15, 0.2) is 71.3 Å². The molecule has 2 amide bonds. The molecule has 0 radical (unpaired) electrons. The molecule has 2 fully saturated rings. The lowest BCUT2D eigenvalue weighted by molar-refractivity contribution is -0.125. The summed E-state index contributed by atoms with van der Waals surface area (Å²) < 4.78 is 7.24. The number of aromatic nitrogens is 3. The van der Waals surface area contributed by atoms with Gasteiger partial charge in [0.15, 0.2) is 5.82 Å². The summed E-state index contributed by atoms with van der Waals surface area (Å²) in [5.74, 6) is -0.852. The summed E-state index contributed by atoms with van der Waals surface area (Å²) in [6.07, 6.45) is 9.42. The minimum Gasteiger partial charge on any atom is -0.475 e. The fourth-order valence-electron chi connectivity index (χ4n) is 6.38. The van der Waals surface area contributed by atoms with E-state index in [-0.39, 0.29) is 17.6 Å². The molecule has 0 spiro atoms. The van der Waals surface area contributed by atoms with Crippen LogP contribution < -0.4 is 10.6 Å². The van der Waals surface area contributed by atoms with Crippen LogP contribution in [0.25, 0.3) is 27.7 Å². The second-order valence-corrected chi connectivity index (χ2v) is 11.6. The Morgan fingerprint density at radius 3 is 2.51 bits per heavy atom. The lowest BCUT2D eigenvalue weighted by Gasteiger charge is -2.40. The average molecular weight is 578 g/mol. The molecule has 10 heteroatoms. The van der Waals surface area contributed by atoms with Crippen molar-refractivity contribution in [2.24, 2.45) is 0 Å². The van der Waals surface area contributed by atoms with Gasteiger partial charge in [0, 0.05) is 34.1 Å². The number of benzene rings is 2. The van der Waals surface area contributed by atoms with Crippen molar-refractivity contribution in [3.63, 3.8) is 0 Å². The molecule has 0 atom stereocenters. The highest BCUT2D eigenvalue weighted by Gasteiger charge is 2.45. The number of carboxylic acids is 1. The van der Waals surface area contributed by atoms with Crippen molar-refractivity contribution in [3.05, 3.63) is 83.9 Å². The Labute approximate surface area is 247 Å². The summed E-state index contributed by atoms with van der Waals surface area (Å²) in [5.41, 5.74) is 2.17.